The fourth-order valence-corrected chi connectivity index (χ4v) is 1.21. The standard InChI is InChI=1S/C9H10ClNO/c10-8-4-1-2-5-9(8)12-11-6-3-7-11/h1-2,4-5H,3,6-7H2. The first kappa shape index (κ1) is 7.90. The first-order valence-corrected chi connectivity index (χ1v) is 4.41. The van der Waals surface area contributed by atoms with Gasteiger partial charge in [-0.1, -0.05) is 23.7 Å². The highest BCUT2D eigenvalue weighted by Crippen LogP contribution is 2.25. The fourth-order valence-electron chi connectivity index (χ4n) is 1.04. The van der Waals surface area contributed by atoms with Crippen LogP contribution >= 0.6 is 11.6 Å². The minimum absolute atomic E-state index is 0.671. The van der Waals surface area contributed by atoms with Gasteiger partial charge in [-0.3, -0.25) is 0 Å². The third kappa shape index (κ3) is 1.54. The maximum absolute atomic E-state index is 5.90. The molecule has 1 aromatic rings. The molecule has 64 valence electrons. The fraction of sp³-hybridized carbons (Fsp3) is 0.333. The van der Waals surface area contributed by atoms with E-state index in [-0.39, 0.29) is 0 Å². The Hall–Kier alpha value is -0.730. The van der Waals surface area contributed by atoms with Crippen molar-refractivity contribution in [3.05, 3.63) is 29.3 Å². The number of benzene rings is 1. The summed E-state index contributed by atoms with van der Waals surface area (Å²) in [6.45, 7) is 2.01. The first-order valence-electron chi connectivity index (χ1n) is 4.04. The molecule has 1 aliphatic rings. The van der Waals surface area contributed by atoms with Gasteiger partial charge in [0.15, 0.2) is 5.75 Å². The van der Waals surface area contributed by atoms with Gasteiger partial charge < -0.3 is 4.84 Å². The Morgan fingerprint density at radius 1 is 1.25 bits per heavy atom. The molecule has 1 aliphatic heterocycles. The lowest BCUT2D eigenvalue weighted by molar-refractivity contribution is -0.107. The molecule has 0 amide bonds. The highest BCUT2D eigenvalue weighted by molar-refractivity contribution is 6.32. The zero-order chi connectivity index (χ0) is 8.39. The highest BCUT2D eigenvalue weighted by Gasteiger charge is 2.16. The lowest BCUT2D eigenvalue weighted by Crippen LogP contribution is -2.39. The van der Waals surface area contributed by atoms with Gasteiger partial charge in [0.25, 0.3) is 0 Å². The van der Waals surface area contributed by atoms with Gasteiger partial charge in [0, 0.05) is 13.1 Å². The van der Waals surface area contributed by atoms with Gasteiger partial charge in [0.05, 0.1) is 5.02 Å². The summed E-state index contributed by atoms with van der Waals surface area (Å²) in [5, 5.41) is 2.57. The van der Waals surface area contributed by atoms with Crippen LogP contribution in [0.2, 0.25) is 5.02 Å². The molecular weight excluding hydrogens is 174 g/mol. The van der Waals surface area contributed by atoms with Gasteiger partial charge in [-0.05, 0) is 18.6 Å². The predicted octanol–water partition coefficient (Wildman–Crippen LogP) is 2.34. The maximum Gasteiger partial charge on any atom is 0.166 e. The number of rotatable bonds is 2. The second-order valence-corrected chi connectivity index (χ2v) is 3.21. The first-order chi connectivity index (χ1) is 5.86. The van der Waals surface area contributed by atoms with Gasteiger partial charge >= 0.3 is 0 Å². The highest BCUT2D eigenvalue weighted by atomic mass is 35.5. The molecule has 2 nitrogen and oxygen atoms in total. The van der Waals surface area contributed by atoms with Gasteiger partial charge in [0.1, 0.15) is 0 Å². The summed E-state index contributed by atoms with van der Waals surface area (Å²) in [4.78, 5) is 5.48. The van der Waals surface area contributed by atoms with Crippen LogP contribution in [-0.2, 0) is 0 Å². The van der Waals surface area contributed by atoms with Gasteiger partial charge in [0.2, 0.25) is 0 Å². The Morgan fingerprint density at radius 3 is 2.58 bits per heavy atom. The van der Waals surface area contributed by atoms with E-state index in [4.69, 9.17) is 16.4 Å². The Labute approximate surface area is 76.7 Å². The Bertz CT molecular complexity index is 273. The second kappa shape index (κ2) is 3.33. The molecule has 0 saturated carbocycles. The molecule has 0 aliphatic carbocycles. The summed E-state index contributed by atoms with van der Waals surface area (Å²) in [5.41, 5.74) is 0. The number of halogens is 1. The molecule has 1 fully saturated rings. The molecular formula is C9H10ClNO. The zero-order valence-electron chi connectivity index (χ0n) is 6.66. The van der Waals surface area contributed by atoms with Crippen LogP contribution < -0.4 is 4.84 Å². The van der Waals surface area contributed by atoms with Crippen LogP contribution in [0.3, 0.4) is 0 Å². The van der Waals surface area contributed by atoms with E-state index < -0.39 is 0 Å². The van der Waals surface area contributed by atoms with Crippen molar-refractivity contribution in [1.82, 2.24) is 5.06 Å². The summed E-state index contributed by atoms with van der Waals surface area (Å²) < 4.78 is 0. The van der Waals surface area contributed by atoms with Crippen molar-refractivity contribution in [3.8, 4) is 5.75 Å². The van der Waals surface area contributed by atoms with Crippen molar-refractivity contribution in [2.45, 2.75) is 6.42 Å². The summed E-state index contributed by atoms with van der Waals surface area (Å²) in [6.07, 6.45) is 1.21. The molecule has 1 saturated heterocycles. The number of nitrogens with zero attached hydrogens (tertiary/aromatic N) is 1. The van der Waals surface area contributed by atoms with Crippen LogP contribution in [0.5, 0.6) is 5.75 Å². The summed E-state index contributed by atoms with van der Waals surface area (Å²) in [6, 6.07) is 7.52. The van der Waals surface area contributed by atoms with Crippen LogP contribution in [0, 0.1) is 0 Å². The molecule has 0 spiro atoms. The summed E-state index contributed by atoms with van der Waals surface area (Å²) in [5.74, 6) is 0.749. The number of para-hydroxylation sites is 1. The minimum atomic E-state index is 0.671. The van der Waals surface area contributed by atoms with E-state index in [1.54, 1.807) is 0 Å². The van der Waals surface area contributed by atoms with Crippen LogP contribution in [0.15, 0.2) is 24.3 Å². The number of hydrogen-bond donors (Lipinski definition) is 0. The monoisotopic (exact) mass is 183 g/mol. The maximum atomic E-state index is 5.90. The normalized spacial score (nSPS) is 17.1. The molecule has 0 unspecified atom stereocenters. The summed E-state index contributed by atoms with van der Waals surface area (Å²) in [7, 11) is 0. The van der Waals surface area contributed by atoms with E-state index in [0.29, 0.717) is 5.02 Å². The Kier molecular flexibility index (Phi) is 2.19. The molecule has 1 aromatic carbocycles. The van der Waals surface area contributed by atoms with Crippen LogP contribution in [0.25, 0.3) is 0 Å². The second-order valence-electron chi connectivity index (χ2n) is 2.80. The van der Waals surface area contributed by atoms with Gasteiger partial charge in [-0.2, -0.15) is 0 Å². The van der Waals surface area contributed by atoms with Crippen molar-refractivity contribution >= 4 is 11.6 Å². The minimum Gasteiger partial charge on any atom is -0.404 e. The average Bonchev–Trinajstić information content (AvgIpc) is 2.00. The Morgan fingerprint density at radius 2 is 2.00 bits per heavy atom. The van der Waals surface area contributed by atoms with E-state index in [2.05, 4.69) is 0 Å². The van der Waals surface area contributed by atoms with Crippen molar-refractivity contribution in [2.24, 2.45) is 0 Å². The van der Waals surface area contributed by atoms with E-state index in [1.807, 2.05) is 29.3 Å². The van der Waals surface area contributed by atoms with Crippen molar-refractivity contribution in [3.63, 3.8) is 0 Å². The molecule has 0 N–H and O–H groups in total. The van der Waals surface area contributed by atoms with Crippen molar-refractivity contribution < 1.29 is 4.84 Å². The topological polar surface area (TPSA) is 12.5 Å². The molecule has 3 heteroatoms. The third-order valence-electron chi connectivity index (χ3n) is 1.88. The van der Waals surface area contributed by atoms with E-state index in [0.717, 1.165) is 18.8 Å². The average molecular weight is 184 g/mol. The number of hydrogen-bond acceptors (Lipinski definition) is 2. The Balaban J connectivity index is 2.06. The SMILES string of the molecule is Clc1ccccc1ON1CCC1. The lowest BCUT2D eigenvalue weighted by atomic mass is 10.3. The van der Waals surface area contributed by atoms with Crippen molar-refractivity contribution in [2.75, 3.05) is 13.1 Å². The molecule has 2 rings (SSSR count). The number of hydroxylamine groups is 2. The predicted molar refractivity (Wildman–Crippen MR) is 48.3 cm³/mol. The van der Waals surface area contributed by atoms with Gasteiger partial charge in [-0.25, -0.2) is 0 Å². The van der Waals surface area contributed by atoms with E-state index >= 15 is 0 Å². The smallest absolute Gasteiger partial charge is 0.166 e. The largest absolute Gasteiger partial charge is 0.404 e. The zero-order valence-corrected chi connectivity index (χ0v) is 7.42. The molecule has 0 radical (unpaired) electrons. The third-order valence-corrected chi connectivity index (χ3v) is 2.19. The van der Waals surface area contributed by atoms with Crippen LogP contribution in [-0.4, -0.2) is 18.2 Å². The molecule has 0 aromatic heterocycles. The quantitative estimate of drug-likeness (QED) is 0.698. The lowest BCUT2D eigenvalue weighted by Gasteiger charge is -2.29. The molecule has 0 bridgehead atoms. The van der Waals surface area contributed by atoms with E-state index in [9.17, 15) is 0 Å². The van der Waals surface area contributed by atoms with Gasteiger partial charge in [-0.15, -0.1) is 5.06 Å². The van der Waals surface area contributed by atoms with Crippen molar-refractivity contribution in [1.29, 1.82) is 0 Å². The van der Waals surface area contributed by atoms with E-state index in [1.165, 1.54) is 6.42 Å². The molecule has 12 heavy (non-hydrogen) atoms. The molecule has 1 heterocycles. The van der Waals surface area contributed by atoms with Crippen LogP contribution in [0.4, 0.5) is 0 Å². The van der Waals surface area contributed by atoms with Crippen LogP contribution in [0.1, 0.15) is 6.42 Å². The molecule has 0 atom stereocenters. The summed E-state index contributed by atoms with van der Waals surface area (Å²) >= 11 is 5.90.